The second kappa shape index (κ2) is 8.36. The molecule has 6 nitrogen and oxygen atoms in total. The Hall–Kier alpha value is -1.11. The predicted octanol–water partition coefficient (Wildman–Crippen LogP) is 2.12. The first-order chi connectivity index (χ1) is 10.1. The summed E-state index contributed by atoms with van der Waals surface area (Å²) < 4.78 is 1.77. The fourth-order valence-corrected chi connectivity index (χ4v) is 3.31. The second-order valence-electron chi connectivity index (χ2n) is 6.13. The zero-order chi connectivity index (χ0) is 15.1. The van der Waals surface area contributed by atoms with E-state index in [4.69, 9.17) is 0 Å². The molecule has 21 heavy (non-hydrogen) atoms. The van der Waals surface area contributed by atoms with Crippen molar-refractivity contribution in [1.29, 1.82) is 0 Å². The van der Waals surface area contributed by atoms with E-state index in [-0.39, 0.29) is 5.91 Å². The molecule has 0 aromatic carbocycles. The van der Waals surface area contributed by atoms with Gasteiger partial charge in [-0.25, -0.2) is 4.68 Å². The van der Waals surface area contributed by atoms with E-state index in [1.54, 1.807) is 4.68 Å². The van der Waals surface area contributed by atoms with Gasteiger partial charge in [-0.2, -0.15) is 0 Å². The Morgan fingerprint density at radius 2 is 2.14 bits per heavy atom. The van der Waals surface area contributed by atoms with E-state index in [0.717, 1.165) is 18.2 Å². The van der Waals surface area contributed by atoms with Crippen LogP contribution in [0.1, 0.15) is 46.0 Å². The summed E-state index contributed by atoms with van der Waals surface area (Å²) in [5.41, 5.74) is 0. The molecule has 1 aromatic heterocycles. The SMILES string of the molecule is CC(C)Cn1nnnc1SCC(=O)NCC1CCCCC1. The average molecular weight is 311 g/mol. The maximum absolute atomic E-state index is 11.9. The molecule has 0 bridgehead atoms. The lowest BCUT2D eigenvalue weighted by molar-refractivity contribution is -0.118. The van der Waals surface area contributed by atoms with E-state index < -0.39 is 0 Å². The summed E-state index contributed by atoms with van der Waals surface area (Å²) in [4.78, 5) is 11.9. The number of rotatable bonds is 7. The van der Waals surface area contributed by atoms with Gasteiger partial charge in [0.25, 0.3) is 0 Å². The zero-order valence-corrected chi connectivity index (χ0v) is 13.7. The maximum Gasteiger partial charge on any atom is 0.230 e. The van der Waals surface area contributed by atoms with Crippen LogP contribution in [-0.2, 0) is 11.3 Å². The third kappa shape index (κ3) is 5.65. The smallest absolute Gasteiger partial charge is 0.230 e. The molecule has 1 aliphatic rings. The summed E-state index contributed by atoms with van der Waals surface area (Å²) in [6.07, 6.45) is 6.46. The van der Waals surface area contributed by atoms with E-state index in [9.17, 15) is 4.79 Å². The minimum atomic E-state index is 0.0738. The Kier molecular flexibility index (Phi) is 6.48. The monoisotopic (exact) mass is 311 g/mol. The van der Waals surface area contributed by atoms with Gasteiger partial charge in [-0.1, -0.05) is 44.9 Å². The Morgan fingerprint density at radius 1 is 1.38 bits per heavy atom. The molecule has 1 heterocycles. The summed E-state index contributed by atoms with van der Waals surface area (Å²) in [5.74, 6) is 1.60. The fraction of sp³-hybridized carbons (Fsp3) is 0.857. The van der Waals surface area contributed by atoms with Gasteiger partial charge in [-0.3, -0.25) is 4.79 Å². The number of carbonyl (C=O) groups is 1. The molecule has 0 radical (unpaired) electrons. The Morgan fingerprint density at radius 3 is 2.86 bits per heavy atom. The van der Waals surface area contributed by atoms with Crippen LogP contribution < -0.4 is 5.32 Å². The van der Waals surface area contributed by atoms with Gasteiger partial charge in [0.1, 0.15) is 0 Å². The molecule has 1 aromatic rings. The lowest BCUT2D eigenvalue weighted by Gasteiger charge is -2.21. The molecular weight excluding hydrogens is 286 g/mol. The van der Waals surface area contributed by atoms with Crippen molar-refractivity contribution in [2.24, 2.45) is 11.8 Å². The highest BCUT2D eigenvalue weighted by atomic mass is 32.2. The third-order valence-corrected chi connectivity index (χ3v) is 4.64. The summed E-state index contributed by atoms with van der Waals surface area (Å²) in [6.45, 7) is 5.83. The van der Waals surface area contributed by atoms with Crippen molar-refractivity contribution in [3.05, 3.63) is 0 Å². The van der Waals surface area contributed by atoms with Crippen molar-refractivity contribution in [3.63, 3.8) is 0 Å². The zero-order valence-electron chi connectivity index (χ0n) is 12.9. The first-order valence-electron chi connectivity index (χ1n) is 7.81. The average Bonchev–Trinajstić information content (AvgIpc) is 2.90. The quantitative estimate of drug-likeness (QED) is 0.781. The van der Waals surface area contributed by atoms with Gasteiger partial charge >= 0.3 is 0 Å². The summed E-state index contributed by atoms with van der Waals surface area (Å²) >= 11 is 1.41. The number of aromatic nitrogens is 4. The van der Waals surface area contributed by atoms with Crippen LogP contribution in [0.4, 0.5) is 0 Å². The largest absolute Gasteiger partial charge is 0.355 e. The minimum Gasteiger partial charge on any atom is -0.355 e. The van der Waals surface area contributed by atoms with Gasteiger partial charge in [-0.15, -0.1) is 5.10 Å². The molecule has 0 saturated heterocycles. The highest BCUT2D eigenvalue weighted by Gasteiger charge is 2.15. The highest BCUT2D eigenvalue weighted by Crippen LogP contribution is 2.22. The van der Waals surface area contributed by atoms with Gasteiger partial charge in [-0.05, 0) is 35.1 Å². The molecule has 7 heteroatoms. The molecule has 1 amide bonds. The van der Waals surface area contributed by atoms with E-state index >= 15 is 0 Å². The Balaban J connectivity index is 1.69. The summed E-state index contributed by atoms with van der Waals surface area (Å²) in [5, 5.41) is 15.4. The second-order valence-corrected chi connectivity index (χ2v) is 7.08. The molecule has 1 N–H and O–H groups in total. The molecule has 2 rings (SSSR count). The van der Waals surface area contributed by atoms with Crippen molar-refractivity contribution < 1.29 is 4.79 Å². The van der Waals surface area contributed by atoms with Crippen LogP contribution in [0.15, 0.2) is 5.16 Å². The number of hydrogen-bond acceptors (Lipinski definition) is 5. The molecular formula is C14H25N5OS. The van der Waals surface area contributed by atoms with Crippen LogP contribution in [-0.4, -0.2) is 38.4 Å². The predicted molar refractivity (Wildman–Crippen MR) is 83.0 cm³/mol. The molecule has 1 aliphatic carbocycles. The topological polar surface area (TPSA) is 72.7 Å². The normalized spacial score (nSPS) is 16.3. The van der Waals surface area contributed by atoms with Crippen LogP contribution >= 0.6 is 11.8 Å². The minimum absolute atomic E-state index is 0.0738. The molecule has 0 aliphatic heterocycles. The van der Waals surface area contributed by atoms with Gasteiger partial charge in [0.05, 0.1) is 5.75 Å². The molecule has 1 saturated carbocycles. The third-order valence-electron chi connectivity index (χ3n) is 3.68. The Bertz CT molecular complexity index is 442. The van der Waals surface area contributed by atoms with Crippen LogP contribution in [0.5, 0.6) is 0 Å². The van der Waals surface area contributed by atoms with E-state index in [0.29, 0.717) is 17.6 Å². The van der Waals surface area contributed by atoms with Crippen molar-refractivity contribution in [2.45, 2.75) is 57.7 Å². The van der Waals surface area contributed by atoms with Crippen LogP contribution in [0.25, 0.3) is 0 Å². The van der Waals surface area contributed by atoms with Gasteiger partial charge in [0.15, 0.2) is 0 Å². The van der Waals surface area contributed by atoms with E-state index in [2.05, 4.69) is 34.7 Å². The molecule has 0 spiro atoms. The lowest BCUT2D eigenvalue weighted by Crippen LogP contribution is -2.31. The van der Waals surface area contributed by atoms with E-state index in [1.807, 2.05) is 0 Å². The van der Waals surface area contributed by atoms with Crippen molar-refractivity contribution in [1.82, 2.24) is 25.5 Å². The fourth-order valence-electron chi connectivity index (χ4n) is 2.59. The number of hydrogen-bond donors (Lipinski definition) is 1. The van der Waals surface area contributed by atoms with Crippen molar-refractivity contribution in [3.8, 4) is 0 Å². The van der Waals surface area contributed by atoms with Crippen LogP contribution in [0.2, 0.25) is 0 Å². The van der Waals surface area contributed by atoms with Crippen molar-refractivity contribution >= 4 is 17.7 Å². The van der Waals surface area contributed by atoms with Crippen LogP contribution in [0.3, 0.4) is 0 Å². The van der Waals surface area contributed by atoms with Crippen LogP contribution in [0, 0.1) is 11.8 Å². The number of amides is 1. The molecule has 1 fully saturated rings. The first kappa shape index (κ1) is 16.3. The summed E-state index contributed by atoms with van der Waals surface area (Å²) in [7, 11) is 0. The molecule has 118 valence electrons. The van der Waals surface area contributed by atoms with Gasteiger partial charge < -0.3 is 5.32 Å². The molecule has 0 unspecified atom stereocenters. The highest BCUT2D eigenvalue weighted by molar-refractivity contribution is 7.99. The van der Waals surface area contributed by atoms with Gasteiger partial charge in [0, 0.05) is 13.1 Å². The Labute approximate surface area is 130 Å². The number of thioether (sulfide) groups is 1. The number of tetrazole rings is 1. The standard InChI is InChI=1S/C14H25N5OS/c1-11(2)9-19-14(16-17-18-19)21-10-13(20)15-8-12-6-4-3-5-7-12/h11-12H,3-10H2,1-2H3,(H,15,20). The maximum atomic E-state index is 11.9. The lowest BCUT2D eigenvalue weighted by atomic mass is 9.89. The number of nitrogens with zero attached hydrogens (tertiary/aromatic N) is 4. The van der Waals surface area contributed by atoms with E-state index in [1.165, 1.54) is 43.9 Å². The first-order valence-corrected chi connectivity index (χ1v) is 8.79. The number of nitrogens with one attached hydrogen (secondary N) is 1. The summed E-state index contributed by atoms with van der Waals surface area (Å²) in [6, 6.07) is 0. The number of carbonyl (C=O) groups excluding carboxylic acids is 1. The molecule has 0 atom stereocenters. The van der Waals surface area contributed by atoms with Crippen molar-refractivity contribution in [2.75, 3.05) is 12.3 Å². The van der Waals surface area contributed by atoms with Gasteiger partial charge in [0.2, 0.25) is 11.1 Å².